The maximum absolute atomic E-state index is 11.5. The zero-order chi connectivity index (χ0) is 13.9. The summed E-state index contributed by atoms with van der Waals surface area (Å²) < 4.78 is 10.6. The number of nitrogen functional groups attached to an aromatic ring is 1. The van der Waals surface area contributed by atoms with Gasteiger partial charge in [-0.2, -0.15) is 0 Å². The molecule has 0 saturated heterocycles. The highest BCUT2D eigenvalue weighted by Crippen LogP contribution is 2.12. The van der Waals surface area contributed by atoms with E-state index in [0.29, 0.717) is 24.6 Å². The Morgan fingerprint density at radius 3 is 2.68 bits per heavy atom. The van der Waals surface area contributed by atoms with E-state index in [1.807, 2.05) is 0 Å². The van der Waals surface area contributed by atoms with Gasteiger partial charge in [-0.25, -0.2) is 0 Å². The molecule has 5 heteroatoms. The summed E-state index contributed by atoms with van der Waals surface area (Å²) in [5.74, 6) is 0.503. The molecular weight excluding hydrogens is 244 g/mol. The quantitative estimate of drug-likeness (QED) is 0.526. The number of carbonyl (C=O) groups excluding carboxylic acids is 1. The van der Waals surface area contributed by atoms with Crippen molar-refractivity contribution in [2.24, 2.45) is 0 Å². The first kappa shape index (κ1) is 15.3. The summed E-state index contributed by atoms with van der Waals surface area (Å²) >= 11 is 0. The van der Waals surface area contributed by atoms with Crippen LogP contribution in [0.2, 0.25) is 0 Å². The van der Waals surface area contributed by atoms with Crippen molar-refractivity contribution in [1.82, 2.24) is 5.32 Å². The van der Waals surface area contributed by atoms with E-state index in [2.05, 4.69) is 12.2 Å². The first-order valence-corrected chi connectivity index (χ1v) is 6.55. The number of nitrogens with two attached hydrogens (primary N) is 1. The number of carbonyl (C=O) groups is 1. The molecule has 0 aliphatic carbocycles. The molecule has 1 rings (SSSR count). The Morgan fingerprint density at radius 1 is 1.26 bits per heavy atom. The van der Waals surface area contributed by atoms with Crippen molar-refractivity contribution in [2.75, 3.05) is 32.1 Å². The Balaban J connectivity index is 2.06. The van der Waals surface area contributed by atoms with Gasteiger partial charge in [0.25, 0.3) is 5.91 Å². The van der Waals surface area contributed by atoms with Crippen LogP contribution in [0.25, 0.3) is 0 Å². The number of nitrogens with one attached hydrogen (secondary N) is 1. The van der Waals surface area contributed by atoms with Crippen LogP contribution < -0.4 is 15.8 Å². The largest absolute Gasteiger partial charge is 0.484 e. The molecule has 0 heterocycles. The molecule has 1 aromatic carbocycles. The summed E-state index contributed by atoms with van der Waals surface area (Å²) in [6, 6.07) is 6.94. The van der Waals surface area contributed by atoms with E-state index in [0.717, 1.165) is 19.4 Å². The van der Waals surface area contributed by atoms with E-state index in [-0.39, 0.29) is 12.5 Å². The number of rotatable bonds is 9. The number of hydrogen-bond donors (Lipinski definition) is 2. The minimum absolute atomic E-state index is 0.0136. The van der Waals surface area contributed by atoms with Crippen LogP contribution in [-0.2, 0) is 9.53 Å². The summed E-state index contributed by atoms with van der Waals surface area (Å²) in [4.78, 5) is 11.5. The Morgan fingerprint density at radius 2 is 2.00 bits per heavy atom. The SMILES string of the molecule is CCCOCCCNC(=O)COc1ccc(N)cc1. The molecule has 106 valence electrons. The molecule has 1 amide bonds. The highest BCUT2D eigenvalue weighted by molar-refractivity contribution is 5.77. The van der Waals surface area contributed by atoms with E-state index in [1.165, 1.54) is 0 Å². The molecule has 0 spiro atoms. The fourth-order valence-electron chi connectivity index (χ4n) is 1.41. The Hall–Kier alpha value is -1.75. The minimum Gasteiger partial charge on any atom is -0.484 e. The molecule has 5 nitrogen and oxygen atoms in total. The fourth-order valence-corrected chi connectivity index (χ4v) is 1.41. The second kappa shape index (κ2) is 9.22. The smallest absolute Gasteiger partial charge is 0.257 e. The van der Waals surface area contributed by atoms with E-state index >= 15 is 0 Å². The highest BCUT2D eigenvalue weighted by Gasteiger charge is 2.01. The average molecular weight is 266 g/mol. The van der Waals surface area contributed by atoms with Gasteiger partial charge in [0.15, 0.2) is 6.61 Å². The zero-order valence-electron chi connectivity index (χ0n) is 11.4. The van der Waals surface area contributed by atoms with Gasteiger partial charge in [-0.15, -0.1) is 0 Å². The Kier molecular flexibility index (Phi) is 7.43. The molecule has 0 saturated carbocycles. The number of anilines is 1. The van der Waals surface area contributed by atoms with Crippen molar-refractivity contribution in [2.45, 2.75) is 19.8 Å². The molecule has 0 bridgehead atoms. The second-order valence-electron chi connectivity index (χ2n) is 4.17. The molecule has 0 fully saturated rings. The van der Waals surface area contributed by atoms with E-state index in [4.69, 9.17) is 15.2 Å². The van der Waals surface area contributed by atoms with Gasteiger partial charge in [0.1, 0.15) is 5.75 Å². The van der Waals surface area contributed by atoms with Gasteiger partial charge in [0, 0.05) is 25.4 Å². The molecule has 3 N–H and O–H groups in total. The summed E-state index contributed by atoms with van der Waals surface area (Å²) in [6.07, 6.45) is 1.83. The summed E-state index contributed by atoms with van der Waals surface area (Å²) in [5, 5.41) is 2.77. The number of amides is 1. The highest BCUT2D eigenvalue weighted by atomic mass is 16.5. The van der Waals surface area contributed by atoms with Gasteiger partial charge < -0.3 is 20.5 Å². The molecular formula is C14H22N2O3. The van der Waals surface area contributed by atoms with Crippen LogP contribution in [0.15, 0.2) is 24.3 Å². The lowest BCUT2D eigenvalue weighted by Crippen LogP contribution is -2.30. The monoisotopic (exact) mass is 266 g/mol. The van der Waals surface area contributed by atoms with Crippen molar-refractivity contribution >= 4 is 11.6 Å². The molecule has 1 aromatic rings. The number of ether oxygens (including phenoxy) is 2. The minimum atomic E-state index is -0.132. The first-order valence-electron chi connectivity index (χ1n) is 6.55. The van der Waals surface area contributed by atoms with Crippen LogP contribution in [0.1, 0.15) is 19.8 Å². The van der Waals surface area contributed by atoms with Crippen molar-refractivity contribution in [3.8, 4) is 5.75 Å². The van der Waals surface area contributed by atoms with Crippen LogP contribution >= 0.6 is 0 Å². The molecule has 0 atom stereocenters. The summed E-state index contributed by atoms with van der Waals surface area (Å²) in [5.41, 5.74) is 6.22. The van der Waals surface area contributed by atoms with Gasteiger partial charge in [0.05, 0.1) is 0 Å². The average Bonchev–Trinajstić information content (AvgIpc) is 2.42. The van der Waals surface area contributed by atoms with Crippen molar-refractivity contribution in [3.05, 3.63) is 24.3 Å². The van der Waals surface area contributed by atoms with Crippen molar-refractivity contribution < 1.29 is 14.3 Å². The Labute approximate surface area is 114 Å². The molecule has 0 aliphatic heterocycles. The first-order chi connectivity index (χ1) is 9.22. The standard InChI is InChI=1S/C14H22N2O3/c1-2-9-18-10-3-8-16-14(17)11-19-13-6-4-12(15)5-7-13/h4-7H,2-3,8-11,15H2,1H3,(H,16,17). The number of hydrogen-bond acceptors (Lipinski definition) is 4. The maximum atomic E-state index is 11.5. The fraction of sp³-hybridized carbons (Fsp3) is 0.500. The molecule has 19 heavy (non-hydrogen) atoms. The number of benzene rings is 1. The van der Waals surface area contributed by atoms with Gasteiger partial charge in [-0.05, 0) is 37.1 Å². The van der Waals surface area contributed by atoms with Crippen LogP contribution in [0.4, 0.5) is 5.69 Å². The molecule has 0 aliphatic rings. The van der Waals surface area contributed by atoms with E-state index < -0.39 is 0 Å². The third-order valence-electron chi connectivity index (χ3n) is 2.39. The van der Waals surface area contributed by atoms with Gasteiger partial charge in [-0.1, -0.05) is 6.92 Å². The second-order valence-corrected chi connectivity index (χ2v) is 4.17. The van der Waals surface area contributed by atoms with Crippen molar-refractivity contribution in [3.63, 3.8) is 0 Å². The zero-order valence-corrected chi connectivity index (χ0v) is 11.4. The topological polar surface area (TPSA) is 73.6 Å². The third-order valence-corrected chi connectivity index (χ3v) is 2.39. The maximum Gasteiger partial charge on any atom is 0.257 e. The van der Waals surface area contributed by atoms with Crippen LogP contribution in [0.3, 0.4) is 0 Å². The van der Waals surface area contributed by atoms with E-state index in [9.17, 15) is 4.79 Å². The van der Waals surface area contributed by atoms with Crippen molar-refractivity contribution in [1.29, 1.82) is 0 Å². The third kappa shape index (κ3) is 7.31. The van der Waals surface area contributed by atoms with Crippen LogP contribution in [0, 0.1) is 0 Å². The molecule has 0 aromatic heterocycles. The predicted octanol–water partition coefficient (Wildman–Crippen LogP) is 1.58. The predicted molar refractivity (Wildman–Crippen MR) is 75.1 cm³/mol. The van der Waals surface area contributed by atoms with Crippen LogP contribution in [-0.4, -0.2) is 32.3 Å². The normalized spacial score (nSPS) is 10.2. The van der Waals surface area contributed by atoms with Gasteiger partial charge in [0.2, 0.25) is 0 Å². The van der Waals surface area contributed by atoms with Gasteiger partial charge in [-0.3, -0.25) is 4.79 Å². The van der Waals surface area contributed by atoms with Gasteiger partial charge >= 0.3 is 0 Å². The molecule has 0 unspecified atom stereocenters. The summed E-state index contributed by atoms with van der Waals surface area (Å²) in [7, 11) is 0. The lowest BCUT2D eigenvalue weighted by Gasteiger charge is -2.07. The van der Waals surface area contributed by atoms with Crippen LogP contribution in [0.5, 0.6) is 5.75 Å². The summed E-state index contributed by atoms with van der Waals surface area (Å²) in [6.45, 7) is 4.13. The lowest BCUT2D eigenvalue weighted by molar-refractivity contribution is -0.123. The lowest BCUT2D eigenvalue weighted by atomic mass is 10.3. The Bertz CT molecular complexity index is 365. The van der Waals surface area contributed by atoms with E-state index in [1.54, 1.807) is 24.3 Å². The molecule has 0 radical (unpaired) electrons.